The molecule has 2 aromatic rings. The molecule has 0 spiro atoms. The van der Waals surface area contributed by atoms with Crippen LogP contribution < -0.4 is 5.73 Å². The zero-order valence-corrected chi connectivity index (χ0v) is 31.8. The average Bonchev–Trinajstić information content (AvgIpc) is 3.48. The summed E-state index contributed by atoms with van der Waals surface area (Å²) in [5.74, 6) is 0.228. The van der Waals surface area contributed by atoms with E-state index in [0.29, 0.717) is 11.2 Å². The van der Waals surface area contributed by atoms with Gasteiger partial charge in [-0.2, -0.15) is 10.5 Å². The number of nitrogens with zero attached hydrogens (tertiary/aromatic N) is 6. The van der Waals surface area contributed by atoms with Crippen LogP contribution in [-0.2, 0) is 39.0 Å². The van der Waals surface area contributed by atoms with E-state index in [1.807, 2.05) is 0 Å². The van der Waals surface area contributed by atoms with Crippen molar-refractivity contribution in [3.63, 3.8) is 0 Å². The number of aromatic nitrogens is 4. The van der Waals surface area contributed by atoms with Gasteiger partial charge in [0.2, 0.25) is 0 Å². The summed E-state index contributed by atoms with van der Waals surface area (Å²) in [6, 6.07) is 4.10. The molecule has 0 amide bonds. The van der Waals surface area contributed by atoms with Crippen molar-refractivity contribution in [2.75, 3.05) is 25.6 Å². The number of nitrogens with two attached hydrogens (primary N) is 1. The Balaban J connectivity index is 2.16. The van der Waals surface area contributed by atoms with Crippen LogP contribution in [0.5, 0.6) is 0 Å². The van der Waals surface area contributed by atoms with E-state index >= 15 is 0 Å². The monoisotopic (exact) mass is 697 g/mol. The van der Waals surface area contributed by atoms with E-state index in [-0.39, 0.29) is 48.6 Å². The second kappa shape index (κ2) is 14.5. The van der Waals surface area contributed by atoms with Gasteiger partial charge in [0.25, 0.3) is 0 Å². The quantitative estimate of drug-likeness (QED) is 0.135. The van der Waals surface area contributed by atoms with Crippen molar-refractivity contribution in [1.82, 2.24) is 19.5 Å². The van der Waals surface area contributed by atoms with Crippen molar-refractivity contribution < 1.29 is 27.2 Å². The van der Waals surface area contributed by atoms with Gasteiger partial charge >= 0.3 is 6.72 Å². The Morgan fingerprint density at radius 2 is 1.53 bits per heavy atom. The fourth-order valence-electron chi connectivity index (χ4n) is 4.05. The molecule has 0 unspecified atom stereocenters. The molecule has 0 aromatic carbocycles. The summed E-state index contributed by atoms with van der Waals surface area (Å²) in [5.41, 5.74) is 6.99. The average molecular weight is 698 g/mol. The van der Waals surface area contributed by atoms with Gasteiger partial charge in [-0.15, -0.1) is 0 Å². The Morgan fingerprint density at radius 3 is 2.07 bits per heavy atom. The summed E-state index contributed by atoms with van der Waals surface area (Å²) in [6.07, 6.45) is 0.188. The Hall–Kier alpha value is -1.83. The van der Waals surface area contributed by atoms with Crippen LogP contribution in [0.2, 0.25) is 36.3 Å². The lowest BCUT2D eigenvalue weighted by Gasteiger charge is -2.42. The molecule has 13 nitrogen and oxygen atoms in total. The smallest absolute Gasteiger partial charge is 0.327 e. The number of ether oxygens (including phenoxy) is 1. The fraction of sp³-hybridized carbons (Fsp3) is 0.750. The molecule has 1 fully saturated rings. The van der Waals surface area contributed by atoms with Gasteiger partial charge in [-0.1, -0.05) is 41.5 Å². The highest BCUT2D eigenvalue weighted by Gasteiger charge is 2.54. The number of imidazole rings is 1. The van der Waals surface area contributed by atoms with Gasteiger partial charge in [-0.3, -0.25) is 9.09 Å². The molecule has 1 saturated heterocycles. The minimum absolute atomic E-state index is 0.00199. The topological polar surface area (TPSA) is 173 Å². The Labute approximate surface area is 274 Å². The highest BCUT2D eigenvalue weighted by atomic mass is 32.5. The molecule has 3 heterocycles. The summed E-state index contributed by atoms with van der Waals surface area (Å²) in [7, 11) is -4.64. The lowest BCUT2D eigenvalue weighted by Crippen LogP contribution is -2.51. The molecule has 17 heteroatoms. The zero-order valence-electron chi connectivity index (χ0n) is 28.1. The Bertz CT molecular complexity index is 1430. The van der Waals surface area contributed by atoms with Crippen molar-refractivity contribution in [2.24, 2.45) is 0 Å². The first-order valence-electron chi connectivity index (χ1n) is 15.0. The van der Waals surface area contributed by atoms with Crippen LogP contribution in [0.3, 0.4) is 0 Å². The van der Waals surface area contributed by atoms with Crippen LogP contribution >= 0.6 is 6.72 Å². The van der Waals surface area contributed by atoms with Crippen LogP contribution in [-0.4, -0.2) is 74.3 Å². The second-order valence-electron chi connectivity index (χ2n) is 14.1. The van der Waals surface area contributed by atoms with E-state index in [2.05, 4.69) is 94.8 Å². The number of nitriles is 2. The van der Waals surface area contributed by atoms with E-state index in [1.54, 1.807) is 10.9 Å². The first kappa shape index (κ1) is 37.6. The summed E-state index contributed by atoms with van der Waals surface area (Å²) < 4.78 is 40.9. The molecular formula is C28H48N7O6PSSi2. The van der Waals surface area contributed by atoms with Crippen molar-refractivity contribution >= 4 is 52.1 Å². The molecule has 45 heavy (non-hydrogen) atoms. The lowest BCUT2D eigenvalue weighted by atomic mass is 10.1. The van der Waals surface area contributed by atoms with Crippen LogP contribution in [0.4, 0.5) is 5.82 Å². The minimum atomic E-state index is -3.52. The maximum Gasteiger partial charge on any atom is 0.327 e. The van der Waals surface area contributed by atoms with Gasteiger partial charge in [0.05, 0.1) is 51.1 Å². The van der Waals surface area contributed by atoms with Crippen molar-refractivity contribution in [1.29, 1.82) is 10.5 Å². The third kappa shape index (κ3) is 8.96. The van der Waals surface area contributed by atoms with Gasteiger partial charge in [0, 0.05) is 0 Å². The van der Waals surface area contributed by atoms with E-state index in [4.69, 9.17) is 55.2 Å². The third-order valence-corrected chi connectivity index (χ3v) is 20.1. The minimum Gasteiger partial charge on any atom is -0.414 e. The van der Waals surface area contributed by atoms with Gasteiger partial charge in [-0.25, -0.2) is 15.0 Å². The summed E-state index contributed by atoms with van der Waals surface area (Å²) in [4.78, 5) is 13.0. The van der Waals surface area contributed by atoms with Crippen LogP contribution in [0.15, 0.2) is 12.7 Å². The molecule has 0 aliphatic carbocycles. The van der Waals surface area contributed by atoms with Gasteiger partial charge in [-0.05, 0) is 48.1 Å². The van der Waals surface area contributed by atoms with E-state index in [1.165, 1.54) is 6.33 Å². The van der Waals surface area contributed by atoms with Crippen molar-refractivity contribution in [3.8, 4) is 12.1 Å². The number of nitrogen functional groups attached to an aromatic ring is 1. The first-order chi connectivity index (χ1) is 20.8. The summed E-state index contributed by atoms with van der Waals surface area (Å²) >= 11 is 5.87. The van der Waals surface area contributed by atoms with Gasteiger partial charge in [0.15, 0.2) is 34.3 Å². The number of anilines is 1. The van der Waals surface area contributed by atoms with E-state index in [9.17, 15) is 0 Å². The molecular weight excluding hydrogens is 650 g/mol. The highest BCUT2D eigenvalue weighted by Crippen LogP contribution is 2.55. The summed E-state index contributed by atoms with van der Waals surface area (Å²) in [6.45, 7) is 18.5. The van der Waals surface area contributed by atoms with Gasteiger partial charge < -0.3 is 28.4 Å². The van der Waals surface area contributed by atoms with Crippen molar-refractivity contribution in [2.45, 2.75) is 115 Å². The fourth-order valence-corrected chi connectivity index (χ4v) is 8.48. The lowest BCUT2D eigenvalue weighted by molar-refractivity contribution is -0.0479. The molecule has 0 radical (unpaired) electrons. The highest BCUT2D eigenvalue weighted by molar-refractivity contribution is 8.07. The summed E-state index contributed by atoms with van der Waals surface area (Å²) in [5, 5.41) is 18.1. The molecule has 250 valence electrons. The molecule has 1 aliphatic rings. The number of fused-ring (bicyclic) bond motifs is 1. The maximum atomic E-state index is 9.16. The van der Waals surface area contributed by atoms with Crippen LogP contribution in [0, 0.1) is 22.7 Å². The number of hydrogen-bond acceptors (Lipinski definition) is 13. The first-order valence-corrected chi connectivity index (χ1v) is 23.4. The maximum absolute atomic E-state index is 9.16. The van der Waals surface area contributed by atoms with Gasteiger partial charge in [0.1, 0.15) is 30.2 Å². The van der Waals surface area contributed by atoms with E-state index < -0.39 is 47.9 Å². The SMILES string of the molecule is CC(C)(C)[Si](C)(C)OC[C@H]1O[C@@H](n2cnc3c(N)ncnc32)[C@H](OP(=S)(OCCC#N)OCCC#N)[C@@H]1O[Si](C)(C)C(C)(C)C. The molecule has 0 saturated carbocycles. The standard InChI is InChI=1S/C28H48N7O6PSSi2/c1-27(2,3)44(7,8)38-17-20-22(41-45(9,10)28(4,5)6)23(40-42(43,36-15-11-13-29)37-16-12-14-30)26(39-20)35-19-34-21-24(31)32-18-33-25(21)35/h18-20,22-23,26H,11-12,15-17H2,1-10H3,(H2,31,32,33)/t20-,22-,23-,26-/m1/s1. The van der Waals surface area contributed by atoms with Crippen LogP contribution in [0.1, 0.15) is 60.6 Å². The Kier molecular flexibility index (Phi) is 12.1. The van der Waals surface area contributed by atoms with E-state index in [0.717, 1.165) is 0 Å². The molecule has 2 aromatic heterocycles. The second-order valence-corrected chi connectivity index (χ2v) is 26.6. The molecule has 0 bridgehead atoms. The molecule has 4 atom stereocenters. The third-order valence-electron chi connectivity index (χ3n) is 8.78. The Morgan fingerprint density at radius 1 is 0.956 bits per heavy atom. The largest absolute Gasteiger partial charge is 0.414 e. The number of rotatable bonds is 14. The molecule has 2 N–H and O–H groups in total. The molecule has 1 aliphatic heterocycles. The van der Waals surface area contributed by atoms with Crippen LogP contribution in [0.25, 0.3) is 11.2 Å². The predicted molar refractivity (Wildman–Crippen MR) is 180 cm³/mol. The predicted octanol–water partition coefficient (Wildman–Crippen LogP) is 6.19. The van der Waals surface area contributed by atoms with Crippen molar-refractivity contribution in [3.05, 3.63) is 12.7 Å². The number of hydrogen-bond donors (Lipinski definition) is 1. The normalized spacial score (nSPS) is 21.6. The zero-order chi connectivity index (χ0) is 33.8. The molecule has 3 rings (SSSR count).